The minimum Gasteiger partial charge on any atom is -0.465 e. The summed E-state index contributed by atoms with van der Waals surface area (Å²) in [5.41, 5.74) is 8.70. The van der Waals surface area contributed by atoms with Gasteiger partial charge in [-0.2, -0.15) is 0 Å². The fraction of sp³-hybridized carbons (Fsp3) is 0.227. The first-order valence-corrected chi connectivity index (χ1v) is 9.87. The maximum absolute atomic E-state index is 13.2. The van der Waals surface area contributed by atoms with Crippen LogP contribution in [0.1, 0.15) is 10.4 Å². The van der Waals surface area contributed by atoms with Crippen LogP contribution in [0.3, 0.4) is 0 Å². The lowest BCUT2D eigenvalue weighted by atomic mass is 10.1. The van der Waals surface area contributed by atoms with Gasteiger partial charge in [0.1, 0.15) is 17.8 Å². The van der Waals surface area contributed by atoms with Crippen LogP contribution in [0.2, 0.25) is 0 Å². The van der Waals surface area contributed by atoms with Crippen molar-refractivity contribution in [2.45, 2.75) is 0 Å². The van der Waals surface area contributed by atoms with Crippen LogP contribution in [0.4, 0.5) is 33.1 Å². The number of nitrogens with one attached hydrogen (secondary N) is 1. The number of piperazine rings is 1. The Morgan fingerprint density at radius 2 is 1.71 bits per heavy atom. The van der Waals surface area contributed by atoms with E-state index in [-0.39, 0.29) is 5.82 Å². The van der Waals surface area contributed by atoms with E-state index in [1.165, 1.54) is 25.6 Å². The number of rotatable bonds is 5. The third-order valence-electron chi connectivity index (χ3n) is 5.22. The molecule has 0 saturated carbocycles. The Kier molecular flexibility index (Phi) is 5.83. The van der Waals surface area contributed by atoms with Gasteiger partial charge in [-0.3, -0.25) is 0 Å². The summed E-state index contributed by atoms with van der Waals surface area (Å²) in [6.45, 7) is 2.92. The summed E-state index contributed by atoms with van der Waals surface area (Å²) < 4.78 is 18.0. The molecule has 9 heteroatoms. The average molecular weight is 422 g/mol. The molecule has 0 atom stereocenters. The number of aromatic nitrogens is 2. The number of para-hydroxylation sites is 1. The van der Waals surface area contributed by atoms with Gasteiger partial charge < -0.3 is 25.6 Å². The van der Waals surface area contributed by atoms with E-state index >= 15 is 0 Å². The highest BCUT2D eigenvalue weighted by atomic mass is 19.1. The van der Waals surface area contributed by atoms with Gasteiger partial charge in [0.2, 0.25) is 0 Å². The molecule has 3 aromatic rings. The number of hydrogen-bond acceptors (Lipinski definition) is 8. The number of benzene rings is 2. The lowest BCUT2D eigenvalue weighted by Gasteiger charge is -2.37. The Hall–Kier alpha value is -3.88. The van der Waals surface area contributed by atoms with Crippen LogP contribution in [0.15, 0.2) is 54.9 Å². The fourth-order valence-electron chi connectivity index (χ4n) is 3.57. The molecule has 0 radical (unpaired) electrons. The number of carbonyl (C=O) groups excluding carboxylic acids is 1. The minimum absolute atomic E-state index is 0.245. The fourth-order valence-corrected chi connectivity index (χ4v) is 3.57. The van der Waals surface area contributed by atoms with E-state index in [1.54, 1.807) is 30.3 Å². The molecule has 4 rings (SSSR count). The maximum atomic E-state index is 13.2. The molecular weight excluding hydrogens is 399 g/mol. The smallest absolute Gasteiger partial charge is 0.339 e. The number of nitrogens with zero attached hydrogens (tertiary/aromatic N) is 4. The molecule has 8 nitrogen and oxygen atoms in total. The zero-order valence-electron chi connectivity index (χ0n) is 17.1. The molecule has 1 fully saturated rings. The van der Waals surface area contributed by atoms with E-state index in [0.717, 1.165) is 18.8 Å². The third kappa shape index (κ3) is 4.35. The van der Waals surface area contributed by atoms with E-state index in [2.05, 4.69) is 25.1 Å². The van der Waals surface area contributed by atoms with Crippen LogP contribution >= 0.6 is 0 Å². The number of carbonyl (C=O) groups is 1. The zero-order valence-corrected chi connectivity index (χ0v) is 17.1. The first kappa shape index (κ1) is 20.4. The Morgan fingerprint density at radius 1 is 1.03 bits per heavy atom. The highest BCUT2D eigenvalue weighted by molar-refractivity contribution is 5.97. The van der Waals surface area contributed by atoms with Gasteiger partial charge in [-0.05, 0) is 36.4 Å². The molecule has 0 spiro atoms. The van der Waals surface area contributed by atoms with E-state index in [1.807, 2.05) is 6.07 Å². The standard InChI is InChI=1S/C22H23FN6O2/c1-31-22(30)17-4-2-3-5-18(17)27-20-19(24)21(26-14-25-20)29-12-10-28(11-13-29)16-8-6-15(23)7-9-16/h2-9,14H,10-13,24H2,1H3,(H,25,26,27). The number of halogens is 1. The summed E-state index contributed by atoms with van der Waals surface area (Å²) in [4.78, 5) is 24.9. The number of ether oxygens (including phenoxy) is 1. The van der Waals surface area contributed by atoms with Gasteiger partial charge in [0, 0.05) is 31.9 Å². The van der Waals surface area contributed by atoms with Crippen LogP contribution < -0.4 is 20.9 Å². The van der Waals surface area contributed by atoms with E-state index in [0.29, 0.717) is 41.7 Å². The molecule has 1 aromatic heterocycles. The molecule has 160 valence electrons. The highest BCUT2D eigenvalue weighted by Gasteiger charge is 2.22. The monoisotopic (exact) mass is 422 g/mol. The first-order chi connectivity index (χ1) is 15.1. The molecule has 0 unspecified atom stereocenters. The lowest BCUT2D eigenvalue weighted by molar-refractivity contribution is 0.0602. The van der Waals surface area contributed by atoms with Crippen molar-refractivity contribution in [3.05, 3.63) is 66.2 Å². The van der Waals surface area contributed by atoms with E-state index in [4.69, 9.17) is 10.5 Å². The third-order valence-corrected chi connectivity index (χ3v) is 5.22. The summed E-state index contributed by atoms with van der Waals surface area (Å²) in [7, 11) is 1.34. The van der Waals surface area contributed by atoms with Crippen molar-refractivity contribution in [3.63, 3.8) is 0 Å². The zero-order chi connectivity index (χ0) is 21.8. The number of anilines is 5. The Labute approximate surface area is 179 Å². The molecule has 3 N–H and O–H groups in total. The minimum atomic E-state index is -0.451. The normalized spacial score (nSPS) is 13.7. The molecule has 31 heavy (non-hydrogen) atoms. The predicted molar refractivity (Wildman–Crippen MR) is 118 cm³/mol. The van der Waals surface area contributed by atoms with E-state index in [9.17, 15) is 9.18 Å². The number of methoxy groups -OCH3 is 1. The molecule has 0 bridgehead atoms. The van der Waals surface area contributed by atoms with Gasteiger partial charge in [-0.1, -0.05) is 12.1 Å². The Balaban J connectivity index is 1.50. The summed E-state index contributed by atoms with van der Waals surface area (Å²) in [5.74, 6) is 0.354. The molecule has 1 saturated heterocycles. The molecule has 0 aliphatic carbocycles. The molecular formula is C22H23FN6O2. The quantitative estimate of drug-likeness (QED) is 0.606. The SMILES string of the molecule is COC(=O)c1ccccc1Nc1ncnc(N2CCN(c3ccc(F)cc3)CC2)c1N. The average Bonchev–Trinajstić information content (AvgIpc) is 2.81. The van der Waals surface area contributed by atoms with Crippen molar-refractivity contribution >= 4 is 34.7 Å². The molecule has 2 heterocycles. The van der Waals surface area contributed by atoms with Crippen molar-refractivity contribution in [1.29, 1.82) is 0 Å². The van der Waals surface area contributed by atoms with Crippen LogP contribution in [0, 0.1) is 5.82 Å². The highest BCUT2D eigenvalue weighted by Crippen LogP contribution is 2.31. The molecule has 1 aliphatic heterocycles. The summed E-state index contributed by atoms with van der Waals surface area (Å²) in [6, 6.07) is 13.5. The lowest BCUT2D eigenvalue weighted by Crippen LogP contribution is -2.47. The van der Waals surface area contributed by atoms with Crippen LogP contribution in [-0.4, -0.2) is 49.2 Å². The van der Waals surface area contributed by atoms with Crippen molar-refractivity contribution in [2.24, 2.45) is 0 Å². The summed E-state index contributed by atoms with van der Waals surface area (Å²) in [6.07, 6.45) is 1.45. The molecule has 0 amide bonds. The van der Waals surface area contributed by atoms with Gasteiger partial charge >= 0.3 is 5.97 Å². The number of nitrogen functional groups attached to an aromatic ring is 1. The van der Waals surface area contributed by atoms with E-state index < -0.39 is 5.97 Å². The van der Waals surface area contributed by atoms with Crippen molar-refractivity contribution in [1.82, 2.24) is 9.97 Å². The number of esters is 1. The van der Waals surface area contributed by atoms with Crippen molar-refractivity contribution in [2.75, 3.05) is 54.1 Å². The second-order valence-electron chi connectivity index (χ2n) is 7.07. The van der Waals surface area contributed by atoms with Crippen molar-refractivity contribution < 1.29 is 13.9 Å². The van der Waals surface area contributed by atoms with Crippen molar-refractivity contribution in [3.8, 4) is 0 Å². The van der Waals surface area contributed by atoms with Gasteiger partial charge in [-0.25, -0.2) is 19.2 Å². The van der Waals surface area contributed by atoms with Crippen LogP contribution in [0.25, 0.3) is 0 Å². The largest absolute Gasteiger partial charge is 0.465 e. The Bertz CT molecular complexity index is 1070. The number of hydrogen-bond donors (Lipinski definition) is 2. The summed E-state index contributed by atoms with van der Waals surface area (Å²) in [5, 5.41) is 3.13. The number of nitrogens with two attached hydrogens (primary N) is 1. The second-order valence-corrected chi connectivity index (χ2v) is 7.07. The van der Waals surface area contributed by atoms with Gasteiger partial charge in [0.05, 0.1) is 18.4 Å². The first-order valence-electron chi connectivity index (χ1n) is 9.87. The van der Waals surface area contributed by atoms with Gasteiger partial charge in [-0.15, -0.1) is 0 Å². The Morgan fingerprint density at radius 3 is 2.42 bits per heavy atom. The summed E-state index contributed by atoms with van der Waals surface area (Å²) >= 11 is 0. The molecule has 2 aromatic carbocycles. The molecule has 1 aliphatic rings. The topological polar surface area (TPSA) is 96.6 Å². The predicted octanol–water partition coefficient (Wildman–Crippen LogP) is 3.05. The maximum Gasteiger partial charge on any atom is 0.339 e. The van der Waals surface area contributed by atoms with Crippen LogP contribution in [0.5, 0.6) is 0 Å². The van der Waals surface area contributed by atoms with Gasteiger partial charge in [0.15, 0.2) is 11.6 Å². The second kappa shape index (κ2) is 8.86. The van der Waals surface area contributed by atoms with Crippen LogP contribution in [-0.2, 0) is 4.74 Å². The van der Waals surface area contributed by atoms with Gasteiger partial charge in [0.25, 0.3) is 0 Å².